The third kappa shape index (κ3) is 4.04. The van der Waals surface area contributed by atoms with Crippen LogP contribution < -0.4 is 10.4 Å². The van der Waals surface area contributed by atoms with Crippen molar-refractivity contribution in [2.75, 3.05) is 0 Å². The Morgan fingerprint density at radius 3 is 2.63 bits per heavy atom. The smallest absolute Gasteiger partial charge is 0.0708 e. The van der Waals surface area contributed by atoms with Crippen LogP contribution in [-0.4, -0.2) is 9.97 Å². The van der Waals surface area contributed by atoms with Crippen molar-refractivity contribution in [2.24, 2.45) is 5.92 Å². The second kappa shape index (κ2) is 8.62. The van der Waals surface area contributed by atoms with Crippen molar-refractivity contribution in [2.45, 2.75) is 33.6 Å². The molecule has 150 valence electrons. The first-order valence-electron chi connectivity index (χ1n) is 10.6. The van der Waals surface area contributed by atoms with E-state index in [4.69, 9.17) is 4.98 Å². The summed E-state index contributed by atoms with van der Waals surface area (Å²) in [5.41, 5.74) is 7.31. The third-order valence-electron chi connectivity index (χ3n) is 5.74. The summed E-state index contributed by atoms with van der Waals surface area (Å²) in [6.45, 7) is 10.8. The number of fused-ring (bicyclic) bond motifs is 1. The van der Waals surface area contributed by atoms with Gasteiger partial charge in [-0.2, -0.15) is 0 Å². The lowest BCUT2D eigenvalue weighted by Gasteiger charge is -2.14. The van der Waals surface area contributed by atoms with E-state index in [-0.39, 0.29) is 0 Å². The van der Waals surface area contributed by atoms with Crippen LogP contribution in [0.3, 0.4) is 0 Å². The van der Waals surface area contributed by atoms with Gasteiger partial charge in [0, 0.05) is 23.0 Å². The van der Waals surface area contributed by atoms with E-state index in [2.05, 4.69) is 67.9 Å². The zero-order valence-corrected chi connectivity index (χ0v) is 18.0. The van der Waals surface area contributed by atoms with Crippen molar-refractivity contribution in [3.8, 4) is 11.3 Å². The molecule has 2 aromatic heterocycles. The normalized spacial score (nSPS) is 16.1. The number of hydrogen-bond donors (Lipinski definition) is 0. The number of allylic oxidation sites excluding steroid dienone is 3. The Bertz CT molecular complexity index is 1230. The summed E-state index contributed by atoms with van der Waals surface area (Å²) in [6, 6.07) is 16.8. The first kappa shape index (κ1) is 20.0. The van der Waals surface area contributed by atoms with Crippen LogP contribution in [-0.2, 0) is 0 Å². The fourth-order valence-corrected chi connectivity index (χ4v) is 4.07. The van der Waals surface area contributed by atoms with E-state index in [1.165, 1.54) is 16.0 Å². The average molecular weight is 393 g/mol. The van der Waals surface area contributed by atoms with E-state index in [1.807, 2.05) is 37.4 Å². The molecule has 0 spiro atoms. The summed E-state index contributed by atoms with van der Waals surface area (Å²) in [5, 5.41) is 2.57. The minimum Gasteiger partial charge on any atom is -0.256 e. The van der Waals surface area contributed by atoms with Gasteiger partial charge in [-0.15, -0.1) is 0 Å². The van der Waals surface area contributed by atoms with E-state index in [9.17, 15) is 0 Å². The van der Waals surface area contributed by atoms with Crippen molar-refractivity contribution in [1.29, 1.82) is 0 Å². The van der Waals surface area contributed by atoms with Crippen LogP contribution in [0, 0.1) is 12.8 Å². The number of benzene rings is 1. The van der Waals surface area contributed by atoms with Crippen molar-refractivity contribution in [1.82, 2.24) is 9.97 Å². The van der Waals surface area contributed by atoms with Crippen LogP contribution in [0.15, 0.2) is 67.4 Å². The van der Waals surface area contributed by atoms with E-state index >= 15 is 0 Å². The van der Waals surface area contributed by atoms with Gasteiger partial charge in [-0.3, -0.25) is 9.97 Å². The van der Waals surface area contributed by atoms with E-state index in [1.54, 1.807) is 0 Å². The quantitative estimate of drug-likeness (QED) is 0.543. The number of pyridine rings is 2. The van der Waals surface area contributed by atoms with Crippen LogP contribution in [0.1, 0.15) is 43.6 Å². The van der Waals surface area contributed by atoms with Gasteiger partial charge >= 0.3 is 0 Å². The van der Waals surface area contributed by atoms with E-state index < -0.39 is 0 Å². The summed E-state index contributed by atoms with van der Waals surface area (Å²) < 4.78 is 0. The average Bonchev–Trinajstić information content (AvgIpc) is 2.96. The molecule has 4 rings (SSSR count). The molecule has 2 nitrogen and oxygen atoms in total. The van der Waals surface area contributed by atoms with Gasteiger partial charge in [0.05, 0.1) is 11.4 Å². The third-order valence-corrected chi connectivity index (χ3v) is 5.74. The molecule has 2 heteroatoms. The molecule has 0 aliphatic heterocycles. The summed E-state index contributed by atoms with van der Waals surface area (Å²) >= 11 is 0. The van der Waals surface area contributed by atoms with Crippen LogP contribution in [0.5, 0.6) is 0 Å². The Labute approximate surface area is 179 Å². The number of rotatable bonds is 4. The Kier molecular flexibility index (Phi) is 5.76. The molecule has 1 aliphatic carbocycles. The highest BCUT2D eigenvalue weighted by Gasteiger charge is 2.14. The molecular weight excluding hydrogens is 364 g/mol. The second-order valence-electron chi connectivity index (χ2n) is 8.07. The van der Waals surface area contributed by atoms with Crippen molar-refractivity contribution in [3.05, 3.63) is 94.8 Å². The SMILES string of the molecule is C=C(/C(=C\C)c1cc(-c2ccccn2)c2c(c1)=CCC(C)CC=2)c1cccc(C)n1. The Balaban J connectivity index is 1.92. The van der Waals surface area contributed by atoms with Crippen molar-refractivity contribution in [3.63, 3.8) is 0 Å². The monoisotopic (exact) mass is 392 g/mol. The number of nitrogens with zero attached hydrogens (tertiary/aromatic N) is 2. The molecule has 0 radical (unpaired) electrons. The second-order valence-corrected chi connectivity index (χ2v) is 8.07. The lowest BCUT2D eigenvalue weighted by Crippen LogP contribution is -2.27. The van der Waals surface area contributed by atoms with Gasteiger partial charge in [-0.05, 0) is 90.6 Å². The summed E-state index contributed by atoms with van der Waals surface area (Å²) in [5.74, 6) is 0.644. The van der Waals surface area contributed by atoms with Crippen LogP contribution in [0.25, 0.3) is 34.6 Å². The molecule has 1 unspecified atom stereocenters. The zero-order chi connectivity index (χ0) is 21.1. The molecule has 0 amide bonds. The minimum atomic E-state index is 0.644. The molecule has 1 aromatic carbocycles. The van der Waals surface area contributed by atoms with Gasteiger partial charge in [-0.1, -0.05) is 43.9 Å². The zero-order valence-electron chi connectivity index (χ0n) is 18.0. The lowest BCUT2D eigenvalue weighted by molar-refractivity contribution is 0.636. The van der Waals surface area contributed by atoms with E-state index in [0.717, 1.165) is 46.6 Å². The first-order chi connectivity index (χ1) is 14.6. The first-order valence-corrected chi connectivity index (χ1v) is 10.6. The fourth-order valence-electron chi connectivity index (χ4n) is 4.07. The molecule has 3 aromatic rings. The summed E-state index contributed by atoms with van der Waals surface area (Å²) in [6.07, 6.45) is 10.9. The maximum Gasteiger partial charge on any atom is 0.0708 e. The van der Waals surface area contributed by atoms with Gasteiger partial charge in [0.25, 0.3) is 0 Å². The molecule has 2 heterocycles. The fraction of sp³-hybridized carbons (Fsp3) is 0.214. The topological polar surface area (TPSA) is 25.8 Å². The van der Waals surface area contributed by atoms with Gasteiger partial charge in [0.15, 0.2) is 0 Å². The highest BCUT2D eigenvalue weighted by atomic mass is 14.7. The largest absolute Gasteiger partial charge is 0.256 e. The molecule has 1 atom stereocenters. The Morgan fingerprint density at radius 1 is 1.07 bits per heavy atom. The molecular formula is C28H28N2. The molecule has 0 fully saturated rings. The maximum atomic E-state index is 4.69. The van der Waals surface area contributed by atoms with Crippen LogP contribution >= 0.6 is 0 Å². The van der Waals surface area contributed by atoms with Gasteiger partial charge in [0.2, 0.25) is 0 Å². The highest BCUT2D eigenvalue weighted by molar-refractivity contribution is 6.03. The van der Waals surface area contributed by atoms with Gasteiger partial charge < -0.3 is 0 Å². The lowest BCUT2D eigenvalue weighted by atomic mass is 9.92. The van der Waals surface area contributed by atoms with Crippen molar-refractivity contribution < 1.29 is 0 Å². The van der Waals surface area contributed by atoms with Crippen LogP contribution in [0.2, 0.25) is 0 Å². The molecule has 30 heavy (non-hydrogen) atoms. The van der Waals surface area contributed by atoms with Crippen LogP contribution in [0.4, 0.5) is 0 Å². The molecule has 0 N–H and O–H groups in total. The summed E-state index contributed by atoms with van der Waals surface area (Å²) in [4.78, 5) is 9.35. The Hall–Kier alpha value is -3.26. The predicted octanol–water partition coefficient (Wildman–Crippen LogP) is 5.56. The molecule has 0 bridgehead atoms. The maximum absolute atomic E-state index is 4.69. The summed E-state index contributed by atoms with van der Waals surface area (Å²) in [7, 11) is 0. The molecule has 1 aliphatic rings. The van der Waals surface area contributed by atoms with E-state index in [0.29, 0.717) is 5.92 Å². The number of aromatic nitrogens is 2. The molecule has 0 saturated carbocycles. The van der Waals surface area contributed by atoms with Gasteiger partial charge in [-0.25, -0.2) is 0 Å². The number of hydrogen-bond acceptors (Lipinski definition) is 2. The highest BCUT2D eigenvalue weighted by Crippen LogP contribution is 2.30. The number of aryl methyl sites for hydroxylation is 1. The molecule has 0 saturated heterocycles. The minimum absolute atomic E-state index is 0.644. The van der Waals surface area contributed by atoms with Crippen molar-refractivity contribution >= 4 is 23.3 Å². The Morgan fingerprint density at radius 2 is 1.90 bits per heavy atom. The predicted molar refractivity (Wildman–Crippen MR) is 128 cm³/mol. The van der Waals surface area contributed by atoms with Gasteiger partial charge in [0.1, 0.15) is 0 Å². The standard InChI is InChI=1S/C28H28N2/c1-5-24(21(4)27-11-8-9-20(3)30-27)23-17-22-14-12-19(2)13-15-25(22)26(18-23)28-10-6-7-16-29-28/h5-11,14-19H,4,12-13H2,1-3H3/b24-5+.